The first-order valence-electron chi connectivity index (χ1n) is 9.83. The smallest absolute Gasteiger partial charge is 0.345 e. The van der Waals surface area contributed by atoms with E-state index in [0.29, 0.717) is 11.0 Å². The standard InChI is InChI=1S/C21H18ClF3N4O3S/c22-17-5-3-14(12-16(17)21(23,24)25)4-6-19(30)28-8-10-29(11-9-28)33(31,32)18-13-27-20-15(18)2-1-7-26-20/h1-7,12-13H,8-11H2,(H,26,27)/b6-4+. The number of carbonyl (C=O) groups is 1. The van der Waals surface area contributed by atoms with Gasteiger partial charge >= 0.3 is 6.18 Å². The lowest BCUT2D eigenvalue weighted by Crippen LogP contribution is -2.50. The molecule has 3 aromatic rings. The maximum atomic E-state index is 13.0. The van der Waals surface area contributed by atoms with Crippen LogP contribution in [0.3, 0.4) is 0 Å². The lowest BCUT2D eigenvalue weighted by atomic mass is 10.1. The van der Waals surface area contributed by atoms with Crippen molar-refractivity contribution in [1.82, 2.24) is 19.2 Å². The fourth-order valence-electron chi connectivity index (χ4n) is 3.57. The van der Waals surface area contributed by atoms with Gasteiger partial charge in [-0.05, 0) is 35.9 Å². The zero-order valence-electron chi connectivity index (χ0n) is 17.0. The lowest BCUT2D eigenvalue weighted by molar-refractivity contribution is -0.137. The number of fused-ring (bicyclic) bond motifs is 1. The van der Waals surface area contributed by atoms with Gasteiger partial charge in [0.25, 0.3) is 0 Å². The van der Waals surface area contributed by atoms with Crippen molar-refractivity contribution in [3.05, 3.63) is 65.0 Å². The summed E-state index contributed by atoms with van der Waals surface area (Å²) in [5, 5.41) is 0.0643. The predicted octanol–water partition coefficient (Wildman–Crippen LogP) is 3.78. The maximum Gasteiger partial charge on any atom is 0.417 e. The first-order valence-corrected chi connectivity index (χ1v) is 11.6. The third-order valence-corrected chi connectivity index (χ3v) is 7.56. The van der Waals surface area contributed by atoms with Crippen LogP contribution in [0, 0.1) is 0 Å². The molecule has 1 saturated heterocycles. The highest BCUT2D eigenvalue weighted by molar-refractivity contribution is 7.89. The van der Waals surface area contributed by atoms with Gasteiger partial charge in [-0.3, -0.25) is 4.79 Å². The summed E-state index contributed by atoms with van der Waals surface area (Å²) in [4.78, 5) is 21.0. The number of nitrogens with zero attached hydrogens (tertiary/aromatic N) is 3. The van der Waals surface area contributed by atoms with Crippen LogP contribution in [0.25, 0.3) is 17.1 Å². The number of piperazine rings is 1. The Hall–Kier alpha value is -2.89. The minimum atomic E-state index is -4.60. The van der Waals surface area contributed by atoms with Crippen LogP contribution >= 0.6 is 11.6 Å². The topological polar surface area (TPSA) is 86.4 Å². The second kappa shape index (κ2) is 8.81. The minimum absolute atomic E-state index is 0.0913. The molecule has 0 saturated carbocycles. The number of pyridine rings is 1. The molecule has 1 aliphatic heterocycles. The molecule has 33 heavy (non-hydrogen) atoms. The summed E-state index contributed by atoms with van der Waals surface area (Å²) in [5.74, 6) is -0.424. The predicted molar refractivity (Wildman–Crippen MR) is 117 cm³/mol. The van der Waals surface area contributed by atoms with Crippen molar-refractivity contribution in [2.45, 2.75) is 11.1 Å². The first kappa shape index (κ1) is 23.3. The molecule has 0 spiro atoms. The number of benzene rings is 1. The number of amides is 1. The Bertz CT molecular complexity index is 1330. The summed E-state index contributed by atoms with van der Waals surface area (Å²) in [5.41, 5.74) is -0.342. The summed E-state index contributed by atoms with van der Waals surface area (Å²) >= 11 is 5.61. The first-order chi connectivity index (χ1) is 15.6. The molecular formula is C21H18ClF3N4O3S. The normalized spacial score (nSPS) is 16.1. The molecule has 2 aromatic heterocycles. The molecule has 0 aliphatic carbocycles. The molecule has 1 aromatic carbocycles. The van der Waals surface area contributed by atoms with E-state index in [1.54, 1.807) is 18.3 Å². The molecule has 3 heterocycles. The molecule has 174 valence electrons. The number of halogens is 4. The molecule has 12 heteroatoms. The van der Waals surface area contributed by atoms with Crippen LogP contribution in [-0.2, 0) is 21.0 Å². The van der Waals surface area contributed by atoms with Crippen LogP contribution in [-0.4, -0.2) is 59.7 Å². The highest BCUT2D eigenvalue weighted by Gasteiger charge is 2.33. The van der Waals surface area contributed by atoms with Crippen molar-refractivity contribution in [2.75, 3.05) is 26.2 Å². The van der Waals surface area contributed by atoms with Crippen LogP contribution in [0.15, 0.2) is 53.7 Å². The number of carbonyl (C=O) groups excluding carboxylic acids is 1. The highest BCUT2D eigenvalue weighted by Crippen LogP contribution is 2.35. The molecular weight excluding hydrogens is 481 g/mol. The summed E-state index contributed by atoms with van der Waals surface area (Å²) < 4.78 is 66.4. The van der Waals surface area contributed by atoms with Gasteiger partial charge in [-0.1, -0.05) is 17.7 Å². The van der Waals surface area contributed by atoms with Gasteiger partial charge in [0.05, 0.1) is 10.6 Å². The van der Waals surface area contributed by atoms with Crippen molar-refractivity contribution >= 4 is 44.6 Å². The van der Waals surface area contributed by atoms with Crippen molar-refractivity contribution in [2.24, 2.45) is 0 Å². The van der Waals surface area contributed by atoms with Crippen LogP contribution in [0.4, 0.5) is 13.2 Å². The zero-order valence-corrected chi connectivity index (χ0v) is 18.6. The minimum Gasteiger partial charge on any atom is -0.345 e. The zero-order chi connectivity index (χ0) is 23.8. The van der Waals surface area contributed by atoms with Gasteiger partial charge in [-0.2, -0.15) is 17.5 Å². The molecule has 0 atom stereocenters. The molecule has 0 bridgehead atoms. The highest BCUT2D eigenvalue weighted by atomic mass is 35.5. The summed E-state index contributed by atoms with van der Waals surface area (Å²) in [6, 6.07) is 6.68. The van der Waals surface area contributed by atoms with E-state index in [4.69, 9.17) is 11.6 Å². The number of rotatable bonds is 4. The van der Waals surface area contributed by atoms with Gasteiger partial charge in [0, 0.05) is 50.0 Å². The Morgan fingerprint density at radius 1 is 1.15 bits per heavy atom. The second-order valence-electron chi connectivity index (χ2n) is 7.35. The van der Waals surface area contributed by atoms with Gasteiger partial charge in [-0.25, -0.2) is 13.4 Å². The number of aromatic nitrogens is 2. The molecule has 1 N–H and O–H groups in total. The Kier molecular flexibility index (Phi) is 6.21. The molecule has 7 nitrogen and oxygen atoms in total. The molecule has 1 fully saturated rings. The number of sulfonamides is 1. The van der Waals surface area contributed by atoms with Gasteiger partial charge in [0.2, 0.25) is 15.9 Å². The van der Waals surface area contributed by atoms with Gasteiger partial charge in [-0.15, -0.1) is 0 Å². The van der Waals surface area contributed by atoms with Crippen molar-refractivity contribution < 1.29 is 26.4 Å². The number of hydrogen-bond donors (Lipinski definition) is 1. The Labute approximate surface area is 192 Å². The van der Waals surface area contributed by atoms with E-state index >= 15 is 0 Å². The number of alkyl halides is 3. The van der Waals surface area contributed by atoms with Crippen molar-refractivity contribution in [3.8, 4) is 0 Å². The molecule has 4 rings (SSSR count). The summed E-state index contributed by atoms with van der Waals surface area (Å²) in [7, 11) is -3.79. The van der Waals surface area contributed by atoms with Crippen LogP contribution in [0.1, 0.15) is 11.1 Å². The third-order valence-electron chi connectivity index (χ3n) is 5.30. The van der Waals surface area contributed by atoms with E-state index in [1.807, 2.05) is 0 Å². The fourth-order valence-corrected chi connectivity index (χ4v) is 5.37. The lowest BCUT2D eigenvalue weighted by Gasteiger charge is -2.33. The quantitative estimate of drug-likeness (QED) is 0.555. The third kappa shape index (κ3) is 4.75. The number of aromatic amines is 1. The van der Waals surface area contributed by atoms with E-state index in [0.717, 1.165) is 12.1 Å². The van der Waals surface area contributed by atoms with Crippen LogP contribution in [0.5, 0.6) is 0 Å². The van der Waals surface area contributed by atoms with E-state index in [-0.39, 0.29) is 36.6 Å². The van der Waals surface area contributed by atoms with Crippen LogP contribution in [0.2, 0.25) is 5.02 Å². The van der Waals surface area contributed by atoms with Gasteiger partial charge in [0.15, 0.2) is 0 Å². The average Bonchev–Trinajstić information content (AvgIpc) is 3.23. The van der Waals surface area contributed by atoms with Gasteiger partial charge in [0.1, 0.15) is 10.5 Å². The number of hydrogen-bond acceptors (Lipinski definition) is 4. The summed E-state index contributed by atoms with van der Waals surface area (Å²) in [6.07, 6.45) is 0.790. The monoisotopic (exact) mass is 498 g/mol. The maximum absolute atomic E-state index is 13.0. The SMILES string of the molecule is O=C(/C=C/c1ccc(Cl)c(C(F)(F)F)c1)N1CCN(S(=O)(=O)c2c[nH]c3ncccc23)CC1. The Balaban J connectivity index is 1.42. The van der Waals surface area contributed by atoms with Crippen molar-refractivity contribution in [3.63, 3.8) is 0 Å². The van der Waals surface area contributed by atoms with Crippen LogP contribution < -0.4 is 0 Å². The summed E-state index contributed by atoms with van der Waals surface area (Å²) in [6.45, 7) is 0.483. The van der Waals surface area contributed by atoms with Gasteiger partial charge < -0.3 is 9.88 Å². The average molecular weight is 499 g/mol. The van der Waals surface area contributed by atoms with E-state index < -0.39 is 32.7 Å². The van der Waals surface area contributed by atoms with E-state index in [1.165, 1.54) is 33.6 Å². The fraction of sp³-hybridized carbons (Fsp3) is 0.238. The van der Waals surface area contributed by atoms with E-state index in [2.05, 4.69) is 9.97 Å². The molecule has 0 radical (unpaired) electrons. The second-order valence-corrected chi connectivity index (χ2v) is 9.67. The number of nitrogens with one attached hydrogen (secondary N) is 1. The van der Waals surface area contributed by atoms with E-state index in [9.17, 15) is 26.4 Å². The Morgan fingerprint density at radius 3 is 2.58 bits per heavy atom. The number of H-pyrrole nitrogens is 1. The largest absolute Gasteiger partial charge is 0.417 e. The Morgan fingerprint density at radius 2 is 1.88 bits per heavy atom. The molecule has 1 amide bonds. The van der Waals surface area contributed by atoms with Crippen molar-refractivity contribution in [1.29, 1.82) is 0 Å². The molecule has 1 aliphatic rings. The molecule has 0 unspecified atom stereocenters.